The molecule has 0 aliphatic carbocycles. The van der Waals surface area contributed by atoms with Gasteiger partial charge in [0.15, 0.2) is 0 Å². The zero-order valence-corrected chi connectivity index (χ0v) is 7.82. The molecule has 0 saturated heterocycles. The van der Waals surface area contributed by atoms with E-state index in [0.29, 0.717) is 12.8 Å². The molecule has 0 aromatic heterocycles. The van der Waals surface area contributed by atoms with E-state index < -0.39 is 5.97 Å². The molecule has 0 fully saturated rings. The van der Waals surface area contributed by atoms with Gasteiger partial charge in [-0.1, -0.05) is 6.08 Å². The van der Waals surface area contributed by atoms with E-state index in [9.17, 15) is 9.59 Å². The zero-order valence-electron chi connectivity index (χ0n) is 7.82. The van der Waals surface area contributed by atoms with Crippen LogP contribution in [-0.2, 0) is 9.59 Å². The van der Waals surface area contributed by atoms with Crippen molar-refractivity contribution in [1.29, 1.82) is 0 Å². The largest absolute Gasteiger partial charge is 0.481 e. The van der Waals surface area contributed by atoms with E-state index in [1.807, 2.05) is 0 Å². The molecule has 0 aromatic carbocycles. The van der Waals surface area contributed by atoms with Crippen molar-refractivity contribution in [2.24, 2.45) is 0 Å². The normalized spacial score (nSPS) is 9.31. The van der Waals surface area contributed by atoms with Gasteiger partial charge in [-0.05, 0) is 6.42 Å². The molecule has 0 spiro atoms. The van der Waals surface area contributed by atoms with Gasteiger partial charge in [0.25, 0.3) is 0 Å². The van der Waals surface area contributed by atoms with Crippen LogP contribution in [0.25, 0.3) is 0 Å². The molecule has 0 radical (unpaired) electrons. The first-order chi connectivity index (χ1) is 6.07. The van der Waals surface area contributed by atoms with Gasteiger partial charge in [0.2, 0.25) is 5.91 Å². The third-order valence-electron chi connectivity index (χ3n) is 1.65. The number of nitrogens with zero attached hydrogens (tertiary/aromatic N) is 1. The number of hydrogen-bond donors (Lipinski definition) is 1. The predicted molar refractivity (Wildman–Crippen MR) is 49.3 cm³/mol. The summed E-state index contributed by atoms with van der Waals surface area (Å²) in [6.45, 7) is 3.77. The Morgan fingerprint density at radius 1 is 1.46 bits per heavy atom. The second kappa shape index (κ2) is 6.22. The highest BCUT2D eigenvalue weighted by molar-refractivity contribution is 5.76. The third-order valence-corrected chi connectivity index (χ3v) is 1.65. The first-order valence-electron chi connectivity index (χ1n) is 4.14. The van der Waals surface area contributed by atoms with Crippen LogP contribution in [-0.4, -0.2) is 35.5 Å². The van der Waals surface area contributed by atoms with Crippen molar-refractivity contribution in [1.82, 2.24) is 4.90 Å². The predicted octanol–water partition coefficient (Wildman–Crippen LogP) is 0.886. The lowest BCUT2D eigenvalue weighted by Crippen LogP contribution is -2.28. The summed E-state index contributed by atoms with van der Waals surface area (Å²) < 4.78 is 0. The first-order valence-corrected chi connectivity index (χ1v) is 4.14. The molecule has 0 saturated carbocycles. The molecule has 13 heavy (non-hydrogen) atoms. The highest BCUT2D eigenvalue weighted by atomic mass is 16.4. The number of carboxylic acids is 1. The van der Waals surface area contributed by atoms with Crippen molar-refractivity contribution in [2.75, 3.05) is 13.6 Å². The van der Waals surface area contributed by atoms with Gasteiger partial charge in [0, 0.05) is 20.0 Å². The minimum Gasteiger partial charge on any atom is -0.481 e. The molecule has 4 heteroatoms. The Morgan fingerprint density at radius 2 is 2.08 bits per heavy atom. The van der Waals surface area contributed by atoms with Gasteiger partial charge in [-0.2, -0.15) is 0 Å². The second-order valence-corrected chi connectivity index (χ2v) is 2.79. The summed E-state index contributed by atoms with van der Waals surface area (Å²) in [7, 11) is 1.61. The van der Waals surface area contributed by atoms with Crippen molar-refractivity contribution in [3.63, 3.8) is 0 Å². The smallest absolute Gasteiger partial charge is 0.305 e. The Bertz CT molecular complexity index is 201. The Labute approximate surface area is 77.8 Å². The summed E-state index contributed by atoms with van der Waals surface area (Å²) in [5, 5.41) is 8.37. The summed E-state index contributed by atoms with van der Waals surface area (Å²) in [6, 6.07) is 0. The van der Waals surface area contributed by atoms with E-state index in [1.54, 1.807) is 13.1 Å². The first kappa shape index (κ1) is 11.7. The molecule has 0 heterocycles. The maximum absolute atomic E-state index is 11.2. The standard InChI is InChI=1S/C9H15NO3/c1-3-4-5-8(11)10(2)7-6-9(12)13/h3H,1,4-7H2,2H3,(H,12,13). The number of amides is 1. The van der Waals surface area contributed by atoms with E-state index in [-0.39, 0.29) is 18.9 Å². The van der Waals surface area contributed by atoms with Crippen LogP contribution in [0.5, 0.6) is 0 Å². The van der Waals surface area contributed by atoms with Crippen LogP contribution in [0, 0.1) is 0 Å². The molecular weight excluding hydrogens is 170 g/mol. The molecule has 0 bridgehead atoms. The Hall–Kier alpha value is -1.32. The van der Waals surface area contributed by atoms with Crippen LogP contribution in [0.2, 0.25) is 0 Å². The summed E-state index contributed by atoms with van der Waals surface area (Å²) in [5.41, 5.74) is 0. The number of hydrogen-bond acceptors (Lipinski definition) is 2. The van der Waals surface area contributed by atoms with Crippen LogP contribution in [0.1, 0.15) is 19.3 Å². The fraction of sp³-hybridized carbons (Fsp3) is 0.556. The monoisotopic (exact) mass is 185 g/mol. The third kappa shape index (κ3) is 5.90. The van der Waals surface area contributed by atoms with Crippen LogP contribution >= 0.6 is 0 Å². The SMILES string of the molecule is C=CCCC(=O)N(C)CCC(=O)O. The maximum Gasteiger partial charge on any atom is 0.305 e. The van der Waals surface area contributed by atoms with Gasteiger partial charge in [0.05, 0.1) is 6.42 Å². The minimum absolute atomic E-state index is 0.00364. The Balaban J connectivity index is 3.68. The van der Waals surface area contributed by atoms with Crippen molar-refractivity contribution in [3.8, 4) is 0 Å². The number of aliphatic carboxylic acids is 1. The van der Waals surface area contributed by atoms with Crippen LogP contribution in [0.4, 0.5) is 0 Å². The molecule has 0 rings (SSSR count). The van der Waals surface area contributed by atoms with E-state index in [4.69, 9.17) is 5.11 Å². The van der Waals surface area contributed by atoms with Crippen molar-refractivity contribution >= 4 is 11.9 Å². The van der Waals surface area contributed by atoms with Crippen molar-refractivity contribution in [3.05, 3.63) is 12.7 Å². The topological polar surface area (TPSA) is 57.6 Å². The van der Waals surface area contributed by atoms with Gasteiger partial charge in [-0.3, -0.25) is 9.59 Å². The van der Waals surface area contributed by atoms with Crippen molar-refractivity contribution < 1.29 is 14.7 Å². The van der Waals surface area contributed by atoms with Gasteiger partial charge in [-0.15, -0.1) is 6.58 Å². The molecular formula is C9H15NO3. The van der Waals surface area contributed by atoms with Gasteiger partial charge in [-0.25, -0.2) is 0 Å². The van der Waals surface area contributed by atoms with E-state index in [1.165, 1.54) is 4.90 Å². The fourth-order valence-electron chi connectivity index (χ4n) is 0.804. The summed E-state index contributed by atoms with van der Waals surface area (Å²) in [4.78, 5) is 22.8. The van der Waals surface area contributed by atoms with E-state index >= 15 is 0 Å². The molecule has 1 amide bonds. The zero-order chi connectivity index (χ0) is 10.3. The van der Waals surface area contributed by atoms with Gasteiger partial charge < -0.3 is 10.0 Å². The lowest BCUT2D eigenvalue weighted by atomic mass is 10.2. The Kier molecular flexibility index (Phi) is 5.59. The Morgan fingerprint density at radius 3 is 2.54 bits per heavy atom. The van der Waals surface area contributed by atoms with Gasteiger partial charge >= 0.3 is 5.97 Å². The average molecular weight is 185 g/mol. The fourth-order valence-corrected chi connectivity index (χ4v) is 0.804. The lowest BCUT2D eigenvalue weighted by molar-refractivity contribution is -0.138. The molecule has 74 valence electrons. The average Bonchev–Trinajstić information content (AvgIpc) is 2.10. The molecule has 4 nitrogen and oxygen atoms in total. The number of carboxylic acid groups (broad SMARTS) is 1. The molecule has 0 atom stereocenters. The van der Waals surface area contributed by atoms with Crippen molar-refractivity contribution in [2.45, 2.75) is 19.3 Å². The lowest BCUT2D eigenvalue weighted by Gasteiger charge is -2.15. The molecule has 0 aromatic rings. The van der Waals surface area contributed by atoms with E-state index in [0.717, 1.165) is 0 Å². The maximum atomic E-state index is 11.2. The van der Waals surface area contributed by atoms with Crippen LogP contribution in [0.15, 0.2) is 12.7 Å². The summed E-state index contributed by atoms with van der Waals surface area (Å²) in [6.07, 6.45) is 2.70. The van der Waals surface area contributed by atoms with Crippen LogP contribution < -0.4 is 0 Å². The quantitative estimate of drug-likeness (QED) is 0.625. The number of carbonyl (C=O) groups is 2. The number of allylic oxidation sites excluding steroid dienone is 1. The number of rotatable bonds is 6. The van der Waals surface area contributed by atoms with E-state index in [2.05, 4.69) is 6.58 Å². The minimum atomic E-state index is -0.886. The molecule has 0 aliphatic heterocycles. The summed E-state index contributed by atoms with van der Waals surface area (Å²) in [5.74, 6) is -0.926. The highest BCUT2D eigenvalue weighted by Crippen LogP contribution is 1.97. The van der Waals surface area contributed by atoms with Crippen LogP contribution in [0.3, 0.4) is 0 Å². The highest BCUT2D eigenvalue weighted by Gasteiger charge is 2.08. The molecule has 0 aliphatic rings. The summed E-state index contributed by atoms with van der Waals surface area (Å²) >= 11 is 0. The molecule has 0 unspecified atom stereocenters. The molecule has 1 N–H and O–H groups in total. The number of carbonyl (C=O) groups excluding carboxylic acids is 1. The van der Waals surface area contributed by atoms with Gasteiger partial charge in [0.1, 0.15) is 0 Å². The second-order valence-electron chi connectivity index (χ2n) is 2.79.